The smallest absolute Gasteiger partial charge is 0.330 e. The van der Waals surface area contributed by atoms with E-state index in [9.17, 15) is 24.3 Å². The molecule has 0 aromatic rings. The average molecular weight is 803 g/mol. The quantitative estimate of drug-likeness (QED) is 0.0439. The fraction of sp³-hybridized carbons (Fsp3) is 0.682. The van der Waals surface area contributed by atoms with Gasteiger partial charge in [-0.3, -0.25) is 9.59 Å². The van der Waals surface area contributed by atoms with Gasteiger partial charge in [0.25, 0.3) is 0 Å². The number of ether oxygens (including phenoxy) is 5. The van der Waals surface area contributed by atoms with Crippen molar-refractivity contribution < 1.29 is 52.4 Å². The standard InChI is InChI=1S/C44H70O11Si/c1-13-14-26-43(54-41(49)24-23-40(48)51-10)28-29-44(53-37(43)21-17-32(3)30-38(45)46)27-25-34(5)35(52-44)19-15-31(2)16-20-36(33(4)18-22-39(47)50-9)55-56(11,12)42(6,7)8/h15-18,20-22,30,33-37H,13-14,19,23-29H2,1-12H3,(H,45,46)/t33-,34-,35+,36-,37-,43+,44-/m0/s1. The van der Waals surface area contributed by atoms with Crippen molar-refractivity contribution in [2.45, 2.75) is 167 Å². The second-order valence-electron chi connectivity index (χ2n) is 17.1. The number of carboxylic acids is 1. The van der Waals surface area contributed by atoms with Gasteiger partial charge in [-0.25, -0.2) is 9.59 Å². The van der Waals surface area contributed by atoms with E-state index >= 15 is 0 Å². The first-order valence-corrected chi connectivity index (χ1v) is 23.0. The van der Waals surface area contributed by atoms with Gasteiger partial charge in [0.15, 0.2) is 14.1 Å². The molecule has 0 radical (unpaired) electrons. The SMILES string of the molecule is CCCC[C@@]1(OC(=O)CCC(=O)OC)CC[C@]2(CC[C@H](C)[C@@H](CC=C(C)C=C[C@H](O[Si](C)(C)C(C)(C)C)[C@@H](C)C=CC(=O)OC)O2)O[C@H]1C=CC(C)=CC(=O)O. The number of carbonyl (C=O) groups is 4. The predicted octanol–water partition coefficient (Wildman–Crippen LogP) is 9.34. The van der Waals surface area contributed by atoms with Crippen molar-refractivity contribution in [1.29, 1.82) is 0 Å². The minimum atomic E-state index is -2.14. The lowest BCUT2D eigenvalue weighted by Gasteiger charge is -2.53. The molecule has 2 rings (SSSR count). The molecule has 0 amide bonds. The molecule has 1 spiro atoms. The van der Waals surface area contributed by atoms with Crippen molar-refractivity contribution >= 4 is 32.2 Å². The fourth-order valence-corrected chi connectivity index (χ4v) is 7.95. The minimum Gasteiger partial charge on any atom is -0.478 e. The van der Waals surface area contributed by atoms with E-state index in [1.165, 1.54) is 20.3 Å². The molecule has 2 aliphatic rings. The number of aliphatic carboxylic acids is 1. The van der Waals surface area contributed by atoms with Crippen LogP contribution in [0.25, 0.3) is 0 Å². The Morgan fingerprint density at radius 1 is 0.929 bits per heavy atom. The number of allylic oxidation sites excluding steroid dienone is 4. The number of carboxylic acid groups (broad SMARTS) is 1. The van der Waals surface area contributed by atoms with E-state index in [1.54, 1.807) is 19.1 Å². The topological polar surface area (TPSA) is 144 Å². The third-order valence-corrected chi connectivity index (χ3v) is 15.9. The number of unbranched alkanes of at least 4 members (excludes halogenated alkanes) is 1. The highest BCUT2D eigenvalue weighted by Gasteiger charge is 2.54. The third-order valence-electron chi connectivity index (χ3n) is 11.4. The highest BCUT2D eigenvalue weighted by Crippen LogP contribution is 2.48. The second kappa shape index (κ2) is 22.0. The normalized spacial score (nSPS) is 26.5. The highest BCUT2D eigenvalue weighted by molar-refractivity contribution is 6.74. The van der Waals surface area contributed by atoms with E-state index in [4.69, 9.17) is 28.1 Å². The average Bonchev–Trinajstić information content (AvgIpc) is 3.13. The monoisotopic (exact) mass is 802 g/mol. The van der Waals surface area contributed by atoms with Crippen molar-refractivity contribution in [2.24, 2.45) is 11.8 Å². The molecule has 316 valence electrons. The number of methoxy groups -OCH3 is 2. The van der Waals surface area contributed by atoms with Gasteiger partial charge in [0.2, 0.25) is 0 Å². The van der Waals surface area contributed by atoms with Gasteiger partial charge in [0, 0.05) is 30.9 Å². The number of rotatable bonds is 19. The summed E-state index contributed by atoms with van der Waals surface area (Å²) in [6, 6.07) is 0. The molecule has 2 saturated heterocycles. The molecule has 0 aromatic carbocycles. The zero-order valence-electron chi connectivity index (χ0n) is 36.1. The predicted molar refractivity (Wildman–Crippen MR) is 220 cm³/mol. The summed E-state index contributed by atoms with van der Waals surface area (Å²) in [6.07, 6.45) is 18.2. The Labute approximate surface area is 337 Å². The lowest BCUT2D eigenvalue weighted by molar-refractivity contribution is -0.344. The Morgan fingerprint density at radius 2 is 1.61 bits per heavy atom. The molecule has 2 heterocycles. The van der Waals surface area contributed by atoms with Crippen molar-refractivity contribution in [3.8, 4) is 0 Å². The molecule has 2 aliphatic heterocycles. The van der Waals surface area contributed by atoms with Crippen LogP contribution in [0, 0.1) is 11.8 Å². The van der Waals surface area contributed by atoms with Crippen LogP contribution in [0.3, 0.4) is 0 Å². The van der Waals surface area contributed by atoms with Gasteiger partial charge in [-0.15, -0.1) is 0 Å². The summed E-state index contributed by atoms with van der Waals surface area (Å²) >= 11 is 0. The molecule has 11 nitrogen and oxygen atoms in total. The van der Waals surface area contributed by atoms with Crippen LogP contribution in [0.5, 0.6) is 0 Å². The maximum absolute atomic E-state index is 13.2. The van der Waals surface area contributed by atoms with Gasteiger partial charge in [-0.1, -0.05) is 90.0 Å². The number of carbonyl (C=O) groups excluding carboxylic acids is 3. The lowest BCUT2D eigenvalue weighted by atomic mass is 9.78. The maximum Gasteiger partial charge on any atom is 0.330 e. The molecule has 0 bridgehead atoms. The summed E-state index contributed by atoms with van der Waals surface area (Å²) in [4.78, 5) is 48.3. The van der Waals surface area contributed by atoms with Gasteiger partial charge < -0.3 is 33.2 Å². The Morgan fingerprint density at radius 3 is 2.21 bits per heavy atom. The molecular weight excluding hydrogens is 733 g/mol. The minimum absolute atomic E-state index is 0.00593. The van der Waals surface area contributed by atoms with Crippen LogP contribution in [0.4, 0.5) is 0 Å². The van der Waals surface area contributed by atoms with E-state index in [1.807, 2.05) is 13.0 Å². The van der Waals surface area contributed by atoms with E-state index in [0.717, 1.165) is 30.9 Å². The Balaban J connectivity index is 2.39. The lowest BCUT2D eigenvalue weighted by Crippen LogP contribution is -2.59. The largest absolute Gasteiger partial charge is 0.478 e. The van der Waals surface area contributed by atoms with Crippen molar-refractivity contribution in [1.82, 2.24) is 0 Å². The van der Waals surface area contributed by atoms with Crippen LogP contribution < -0.4 is 0 Å². The molecule has 2 fully saturated rings. The molecule has 0 aliphatic carbocycles. The highest BCUT2D eigenvalue weighted by atomic mass is 28.4. The van der Waals surface area contributed by atoms with Gasteiger partial charge in [-0.05, 0) is 75.6 Å². The number of hydrogen-bond acceptors (Lipinski definition) is 10. The maximum atomic E-state index is 13.2. The summed E-state index contributed by atoms with van der Waals surface area (Å²) in [5.74, 6) is -3.21. The van der Waals surface area contributed by atoms with Crippen LogP contribution in [-0.2, 0) is 47.3 Å². The van der Waals surface area contributed by atoms with E-state index in [-0.39, 0.29) is 41.9 Å². The molecule has 56 heavy (non-hydrogen) atoms. The number of esters is 3. The summed E-state index contributed by atoms with van der Waals surface area (Å²) in [6.45, 7) is 21.1. The Bertz CT molecular complexity index is 1490. The Hall–Kier alpha value is -3.32. The molecular formula is C44H70O11Si. The number of hydrogen-bond donors (Lipinski definition) is 1. The zero-order chi connectivity index (χ0) is 42.3. The van der Waals surface area contributed by atoms with Crippen LogP contribution in [0.15, 0.2) is 59.8 Å². The first-order chi connectivity index (χ1) is 26.1. The molecule has 0 unspecified atom stereocenters. The second-order valence-corrected chi connectivity index (χ2v) is 21.8. The molecule has 1 N–H and O–H groups in total. The van der Waals surface area contributed by atoms with Crippen LogP contribution in [0.1, 0.15) is 120 Å². The fourth-order valence-electron chi connectivity index (χ4n) is 6.62. The van der Waals surface area contributed by atoms with Crippen molar-refractivity contribution in [3.63, 3.8) is 0 Å². The molecule has 0 saturated carbocycles. The molecule has 0 aromatic heterocycles. The zero-order valence-corrected chi connectivity index (χ0v) is 37.1. The van der Waals surface area contributed by atoms with Crippen LogP contribution in [-0.4, -0.2) is 81.2 Å². The van der Waals surface area contributed by atoms with Crippen molar-refractivity contribution in [2.75, 3.05) is 14.2 Å². The van der Waals surface area contributed by atoms with Crippen molar-refractivity contribution in [3.05, 3.63) is 59.8 Å². The summed E-state index contributed by atoms with van der Waals surface area (Å²) in [7, 11) is 0.501. The van der Waals surface area contributed by atoms with E-state index in [0.29, 0.717) is 37.7 Å². The first-order valence-electron chi connectivity index (χ1n) is 20.1. The van der Waals surface area contributed by atoms with Crippen LogP contribution in [0.2, 0.25) is 18.1 Å². The summed E-state index contributed by atoms with van der Waals surface area (Å²) < 4.78 is 36.4. The van der Waals surface area contributed by atoms with Gasteiger partial charge in [0.1, 0.15) is 11.7 Å². The first kappa shape index (κ1) is 48.8. The van der Waals surface area contributed by atoms with E-state index < -0.39 is 49.7 Å². The van der Waals surface area contributed by atoms with Gasteiger partial charge >= 0.3 is 23.9 Å². The Kier molecular flexibility index (Phi) is 19.2. The van der Waals surface area contributed by atoms with E-state index in [2.05, 4.69) is 72.9 Å². The van der Waals surface area contributed by atoms with Crippen LogP contribution >= 0.6 is 0 Å². The summed E-state index contributed by atoms with van der Waals surface area (Å²) in [5, 5.41) is 9.34. The summed E-state index contributed by atoms with van der Waals surface area (Å²) in [5.41, 5.74) is 0.541. The van der Waals surface area contributed by atoms with Gasteiger partial charge in [-0.2, -0.15) is 0 Å². The molecule has 7 atom stereocenters. The molecule has 12 heteroatoms. The third kappa shape index (κ3) is 15.2. The van der Waals surface area contributed by atoms with Gasteiger partial charge in [0.05, 0.1) is 39.3 Å².